The van der Waals surface area contributed by atoms with E-state index >= 15 is 0 Å². The second kappa shape index (κ2) is 2.71. The molecule has 0 amide bonds. The van der Waals surface area contributed by atoms with E-state index < -0.39 is 5.97 Å². The fraction of sp³-hybridized carbons (Fsp3) is 0.900. The van der Waals surface area contributed by atoms with E-state index in [0.29, 0.717) is 17.3 Å². The maximum atomic E-state index is 10.9. The average Bonchev–Trinajstić information content (AvgIpc) is 2.54. The molecule has 2 fully saturated rings. The quantitative estimate of drug-likeness (QED) is 0.688. The molecule has 1 aliphatic carbocycles. The van der Waals surface area contributed by atoms with Crippen LogP contribution in [0.4, 0.5) is 0 Å². The molecule has 1 aliphatic heterocycles. The van der Waals surface area contributed by atoms with Gasteiger partial charge in [-0.1, -0.05) is 13.8 Å². The number of hydrogen-bond acceptors (Lipinski definition) is 2. The Balaban J connectivity index is 2.13. The van der Waals surface area contributed by atoms with Crippen LogP contribution in [0.1, 0.15) is 26.7 Å². The minimum Gasteiger partial charge on any atom is -0.480 e. The van der Waals surface area contributed by atoms with Crippen molar-refractivity contribution in [3.63, 3.8) is 0 Å². The molecule has 0 spiro atoms. The fourth-order valence-corrected chi connectivity index (χ4v) is 3.37. The van der Waals surface area contributed by atoms with Gasteiger partial charge in [0.2, 0.25) is 0 Å². The van der Waals surface area contributed by atoms with Crippen LogP contribution in [0.5, 0.6) is 0 Å². The first-order valence-electron chi connectivity index (χ1n) is 5.13. The van der Waals surface area contributed by atoms with E-state index in [0.717, 1.165) is 19.4 Å². The lowest BCUT2D eigenvalue weighted by Gasteiger charge is -2.20. The van der Waals surface area contributed by atoms with E-state index in [4.69, 9.17) is 5.11 Å². The average molecular weight is 183 g/mol. The number of piperidine rings is 1. The summed E-state index contributed by atoms with van der Waals surface area (Å²) in [6, 6.07) is -0.273. The van der Waals surface area contributed by atoms with Gasteiger partial charge >= 0.3 is 5.97 Å². The Morgan fingerprint density at radius 2 is 2.15 bits per heavy atom. The van der Waals surface area contributed by atoms with Gasteiger partial charge in [0.05, 0.1) is 0 Å². The van der Waals surface area contributed by atoms with Crippen molar-refractivity contribution in [3.8, 4) is 0 Å². The van der Waals surface area contributed by atoms with E-state index in [1.165, 1.54) is 0 Å². The van der Waals surface area contributed by atoms with Crippen LogP contribution in [-0.2, 0) is 4.79 Å². The van der Waals surface area contributed by atoms with Gasteiger partial charge in [0.15, 0.2) is 0 Å². The Morgan fingerprint density at radius 1 is 1.54 bits per heavy atom. The third-order valence-electron chi connectivity index (χ3n) is 4.23. The maximum Gasteiger partial charge on any atom is 0.321 e. The number of carboxylic acid groups (broad SMARTS) is 1. The van der Waals surface area contributed by atoms with Gasteiger partial charge in [0.1, 0.15) is 6.04 Å². The molecule has 3 nitrogen and oxygen atoms in total. The van der Waals surface area contributed by atoms with E-state index in [2.05, 4.69) is 19.2 Å². The van der Waals surface area contributed by atoms with Gasteiger partial charge in [-0.25, -0.2) is 0 Å². The largest absolute Gasteiger partial charge is 0.480 e. The lowest BCUT2D eigenvalue weighted by atomic mass is 9.91. The maximum absolute atomic E-state index is 10.9. The normalized spacial score (nSPS) is 40.0. The molecule has 2 N–H and O–H groups in total. The molecule has 0 aromatic heterocycles. The molecule has 0 unspecified atom stereocenters. The third-order valence-corrected chi connectivity index (χ3v) is 4.23. The van der Waals surface area contributed by atoms with Crippen LogP contribution < -0.4 is 5.32 Å². The summed E-state index contributed by atoms with van der Waals surface area (Å²) in [7, 11) is 0. The van der Waals surface area contributed by atoms with Crippen molar-refractivity contribution in [3.05, 3.63) is 0 Å². The molecule has 2 aliphatic rings. The second-order valence-corrected chi connectivity index (χ2v) is 4.30. The van der Waals surface area contributed by atoms with E-state index in [9.17, 15) is 4.79 Å². The van der Waals surface area contributed by atoms with E-state index in [1.54, 1.807) is 0 Å². The predicted octanol–water partition coefficient (Wildman–Crippen LogP) is 1.10. The topological polar surface area (TPSA) is 49.3 Å². The highest BCUT2D eigenvalue weighted by atomic mass is 16.4. The van der Waals surface area contributed by atoms with Crippen molar-refractivity contribution in [1.82, 2.24) is 5.32 Å². The highest BCUT2D eigenvalue weighted by molar-refractivity contribution is 5.75. The minimum absolute atomic E-state index is 0.273. The van der Waals surface area contributed by atoms with E-state index in [1.807, 2.05) is 0 Å². The number of hydrogen-bond donors (Lipinski definition) is 2. The summed E-state index contributed by atoms with van der Waals surface area (Å²) in [5, 5.41) is 12.1. The highest BCUT2D eigenvalue weighted by Crippen LogP contribution is 2.66. The SMILES string of the molecule is CCC1(CC)[C@@H]2[C@@H](C(=O)O)NC[C@@H]21. The number of rotatable bonds is 3. The Bertz CT molecular complexity index is 235. The standard InChI is InChI=1S/C10H17NO2/c1-3-10(4-2)6-5-11-8(7(6)10)9(12)13/h6-8,11H,3-5H2,1-2H3,(H,12,13)/t6-,7-,8-/m0/s1. The molecule has 0 bridgehead atoms. The molecule has 1 saturated carbocycles. The van der Waals surface area contributed by atoms with Gasteiger partial charge in [0.25, 0.3) is 0 Å². The van der Waals surface area contributed by atoms with Gasteiger partial charge in [-0.15, -0.1) is 0 Å². The molecule has 1 heterocycles. The highest BCUT2D eigenvalue weighted by Gasteiger charge is 2.68. The summed E-state index contributed by atoms with van der Waals surface area (Å²) in [6.07, 6.45) is 2.26. The van der Waals surface area contributed by atoms with Crippen LogP contribution in [0, 0.1) is 17.3 Å². The zero-order valence-electron chi connectivity index (χ0n) is 8.21. The first-order valence-corrected chi connectivity index (χ1v) is 5.13. The van der Waals surface area contributed by atoms with Gasteiger partial charge in [-0.3, -0.25) is 4.79 Å². The zero-order valence-corrected chi connectivity index (χ0v) is 8.21. The summed E-state index contributed by atoms with van der Waals surface area (Å²) in [5.74, 6) is 0.361. The van der Waals surface area contributed by atoms with Crippen LogP contribution in [0.25, 0.3) is 0 Å². The van der Waals surface area contributed by atoms with Crippen LogP contribution in [-0.4, -0.2) is 23.7 Å². The molecular formula is C10H17NO2. The Morgan fingerprint density at radius 3 is 2.54 bits per heavy atom. The van der Waals surface area contributed by atoms with Crippen molar-refractivity contribution in [1.29, 1.82) is 0 Å². The zero-order chi connectivity index (χ0) is 9.64. The molecule has 1 saturated heterocycles. The molecule has 3 atom stereocenters. The van der Waals surface area contributed by atoms with Crippen LogP contribution >= 0.6 is 0 Å². The molecule has 13 heavy (non-hydrogen) atoms. The van der Waals surface area contributed by atoms with Crippen molar-refractivity contribution >= 4 is 5.97 Å². The summed E-state index contributed by atoms with van der Waals surface area (Å²) < 4.78 is 0. The van der Waals surface area contributed by atoms with Crippen LogP contribution in [0.2, 0.25) is 0 Å². The summed E-state index contributed by atoms with van der Waals surface area (Å²) >= 11 is 0. The molecular weight excluding hydrogens is 166 g/mol. The molecule has 2 rings (SSSR count). The summed E-state index contributed by atoms with van der Waals surface area (Å²) in [4.78, 5) is 10.9. The molecule has 0 radical (unpaired) electrons. The fourth-order valence-electron chi connectivity index (χ4n) is 3.37. The summed E-state index contributed by atoms with van der Waals surface area (Å²) in [5.41, 5.74) is 0.355. The Kier molecular flexibility index (Phi) is 1.88. The number of nitrogens with one attached hydrogen (secondary N) is 1. The van der Waals surface area contributed by atoms with Crippen molar-refractivity contribution in [2.45, 2.75) is 32.7 Å². The smallest absolute Gasteiger partial charge is 0.321 e. The molecule has 74 valence electrons. The van der Waals surface area contributed by atoms with Gasteiger partial charge in [-0.05, 0) is 36.6 Å². The minimum atomic E-state index is -0.670. The summed E-state index contributed by atoms with van der Waals surface area (Å²) in [6.45, 7) is 5.27. The van der Waals surface area contributed by atoms with Gasteiger partial charge < -0.3 is 10.4 Å². The van der Waals surface area contributed by atoms with Gasteiger partial charge in [-0.2, -0.15) is 0 Å². The van der Waals surface area contributed by atoms with E-state index in [-0.39, 0.29) is 6.04 Å². The lowest BCUT2D eigenvalue weighted by Crippen LogP contribution is -2.38. The van der Waals surface area contributed by atoms with Crippen molar-refractivity contribution in [2.24, 2.45) is 17.3 Å². The second-order valence-electron chi connectivity index (χ2n) is 4.30. The Labute approximate surface area is 78.5 Å². The molecule has 0 aromatic carbocycles. The third kappa shape index (κ3) is 0.966. The number of carbonyl (C=O) groups is 1. The first-order chi connectivity index (χ1) is 6.17. The number of carboxylic acids is 1. The number of aliphatic carboxylic acids is 1. The van der Waals surface area contributed by atoms with Gasteiger partial charge in [0, 0.05) is 0 Å². The van der Waals surface area contributed by atoms with Crippen molar-refractivity contribution < 1.29 is 9.90 Å². The van der Waals surface area contributed by atoms with Crippen molar-refractivity contribution in [2.75, 3.05) is 6.54 Å². The number of fused-ring (bicyclic) bond motifs is 1. The first kappa shape index (κ1) is 9.00. The van der Waals surface area contributed by atoms with Crippen LogP contribution in [0.15, 0.2) is 0 Å². The molecule has 3 heteroatoms. The Hall–Kier alpha value is -0.570. The lowest BCUT2D eigenvalue weighted by molar-refractivity contribution is -0.140. The molecule has 0 aromatic rings. The predicted molar refractivity (Wildman–Crippen MR) is 49.4 cm³/mol. The van der Waals surface area contributed by atoms with Crippen LogP contribution in [0.3, 0.4) is 0 Å². The monoisotopic (exact) mass is 183 g/mol.